The molecule has 0 fully saturated rings. The third kappa shape index (κ3) is 7.53. The van der Waals surface area contributed by atoms with Gasteiger partial charge in [-0.2, -0.15) is 0 Å². The number of aryl methyl sites for hydroxylation is 1. The first-order chi connectivity index (χ1) is 17.6. The van der Waals surface area contributed by atoms with E-state index in [9.17, 15) is 17.6 Å². The number of methoxy groups -OCH3 is 2. The molecule has 0 unspecified atom stereocenters. The van der Waals surface area contributed by atoms with Crippen LogP contribution in [-0.4, -0.2) is 47.4 Å². The van der Waals surface area contributed by atoms with Crippen LogP contribution in [0.3, 0.4) is 0 Å². The predicted molar refractivity (Wildman–Crippen MR) is 145 cm³/mol. The van der Waals surface area contributed by atoms with Crippen molar-refractivity contribution >= 4 is 45.0 Å². The Morgan fingerprint density at radius 1 is 1.03 bits per heavy atom. The van der Waals surface area contributed by atoms with Crippen molar-refractivity contribution in [3.8, 4) is 11.5 Å². The number of anilines is 1. The lowest BCUT2D eigenvalue weighted by molar-refractivity contribution is -0.119. The van der Waals surface area contributed by atoms with Crippen molar-refractivity contribution < 1.29 is 27.1 Å². The smallest absolute Gasteiger partial charge is 0.264 e. The molecule has 0 aliphatic carbocycles. The number of nitrogens with one attached hydrogen (secondary N) is 1. The Morgan fingerprint density at radius 2 is 1.73 bits per heavy atom. The normalized spacial score (nSPS) is 11.2. The van der Waals surface area contributed by atoms with E-state index in [1.54, 1.807) is 11.8 Å². The highest BCUT2D eigenvalue weighted by atomic mass is 35.5. The number of carbonyl (C=O) groups excluding carboxylic acids is 1. The van der Waals surface area contributed by atoms with Crippen LogP contribution in [0.15, 0.2) is 70.5 Å². The molecule has 0 spiro atoms. The second kappa shape index (κ2) is 13.0. The van der Waals surface area contributed by atoms with Gasteiger partial charge in [0.2, 0.25) is 5.91 Å². The summed E-state index contributed by atoms with van der Waals surface area (Å²) < 4.78 is 52.3. The summed E-state index contributed by atoms with van der Waals surface area (Å²) in [5.41, 5.74) is 1.23. The second-order valence-electron chi connectivity index (χ2n) is 7.99. The number of hydrogen-bond donors (Lipinski definition) is 1. The number of amides is 1. The van der Waals surface area contributed by atoms with Gasteiger partial charge in [0.1, 0.15) is 12.4 Å². The van der Waals surface area contributed by atoms with E-state index >= 15 is 0 Å². The fourth-order valence-electron chi connectivity index (χ4n) is 3.37. The van der Waals surface area contributed by atoms with Crippen molar-refractivity contribution in [1.29, 1.82) is 0 Å². The first-order valence-corrected chi connectivity index (χ1v) is 14.1. The van der Waals surface area contributed by atoms with Crippen LogP contribution in [0.5, 0.6) is 11.5 Å². The minimum absolute atomic E-state index is 0.0475. The zero-order valence-electron chi connectivity index (χ0n) is 20.7. The van der Waals surface area contributed by atoms with Crippen molar-refractivity contribution in [3.63, 3.8) is 0 Å². The zero-order chi connectivity index (χ0) is 27.0. The topological polar surface area (TPSA) is 84.9 Å². The number of ether oxygens (including phenoxy) is 2. The van der Waals surface area contributed by atoms with Crippen molar-refractivity contribution in [1.82, 2.24) is 5.32 Å². The highest BCUT2D eigenvalue weighted by molar-refractivity contribution is 7.99. The molecule has 7 nitrogen and oxygen atoms in total. The van der Waals surface area contributed by atoms with Crippen molar-refractivity contribution in [3.05, 3.63) is 77.1 Å². The number of nitrogens with zero attached hydrogens (tertiary/aromatic N) is 1. The Balaban J connectivity index is 1.74. The van der Waals surface area contributed by atoms with Crippen LogP contribution in [0.25, 0.3) is 0 Å². The Hall–Kier alpha value is -2.95. The SMILES string of the molecule is COc1ccc(S(=O)(=O)N(CC(=O)NCCCSc2ccc(C)cc2)c2ccc(F)c(Cl)c2)cc1OC. The van der Waals surface area contributed by atoms with Gasteiger partial charge in [-0.05, 0) is 61.6 Å². The van der Waals surface area contributed by atoms with Crippen LogP contribution < -0.4 is 19.1 Å². The van der Waals surface area contributed by atoms with Crippen molar-refractivity contribution in [2.45, 2.75) is 23.1 Å². The number of thioether (sulfide) groups is 1. The predicted octanol–water partition coefficient (Wildman–Crippen LogP) is 5.30. The summed E-state index contributed by atoms with van der Waals surface area (Å²) in [6.45, 7) is 1.87. The lowest BCUT2D eigenvalue weighted by atomic mass is 10.2. The highest BCUT2D eigenvalue weighted by Gasteiger charge is 2.29. The standard InChI is InChI=1S/C26H28ClFN2O5S2/c1-18-5-8-20(9-6-18)36-14-4-13-29-26(31)17-30(19-7-11-23(28)22(27)15-19)37(32,33)21-10-12-24(34-2)25(16-21)35-3/h5-12,15-16H,4,13-14,17H2,1-3H3,(H,29,31). The molecule has 3 aromatic carbocycles. The number of benzene rings is 3. The van der Waals surface area contributed by atoms with Crippen LogP contribution in [0, 0.1) is 12.7 Å². The molecule has 1 N–H and O–H groups in total. The van der Waals surface area contributed by atoms with Gasteiger partial charge in [-0.1, -0.05) is 29.3 Å². The summed E-state index contributed by atoms with van der Waals surface area (Å²) in [6.07, 6.45) is 0.690. The third-order valence-electron chi connectivity index (χ3n) is 5.35. The summed E-state index contributed by atoms with van der Waals surface area (Å²) in [5, 5.41) is 2.49. The van der Waals surface area contributed by atoms with Crippen LogP contribution >= 0.6 is 23.4 Å². The van der Waals surface area contributed by atoms with Gasteiger partial charge in [0.15, 0.2) is 11.5 Å². The third-order valence-corrected chi connectivity index (χ3v) is 8.51. The lowest BCUT2D eigenvalue weighted by Gasteiger charge is -2.24. The average molecular weight is 567 g/mol. The molecule has 1 amide bonds. The van der Waals surface area contributed by atoms with E-state index in [2.05, 4.69) is 5.32 Å². The Kier molecular flexibility index (Phi) is 10.1. The minimum Gasteiger partial charge on any atom is -0.493 e. The molecule has 0 saturated carbocycles. The van der Waals surface area contributed by atoms with Gasteiger partial charge in [-0.3, -0.25) is 9.10 Å². The largest absolute Gasteiger partial charge is 0.493 e. The molecule has 0 atom stereocenters. The molecule has 3 rings (SSSR count). The summed E-state index contributed by atoms with van der Waals surface area (Å²) in [4.78, 5) is 13.8. The van der Waals surface area contributed by atoms with Gasteiger partial charge in [0.25, 0.3) is 10.0 Å². The lowest BCUT2D eigenvalue weighted by Crippen LogP contribution is -2.41. The van der Waals surface area contributed by atoms with Crippen LogP contribution in [0.1, 0.15) is 12.0 Å². The molecular weight excluding hydrogens is 539 g/mol. The molecule has 0 radical (unpaired) electrons. The van der Waals surface area contributed by atoms with Crippen molar-refractivity contribution in [2.75, 3.05) is 37.4 Å². The van der Waals surface area contributed by atoms with Gasteiger partial charge in [0.05, 0.1) is 29.8 Å². The molecule has 0 heterocycles. The number of halogens is 2. The van der Waals surface area contributed by atoms with Gasteiger partial charge in [0, 0.05) is 17.5 Å². The van der Waals surface area contributed by atoms with E-state index in [1.807, 2.05) is 31.2 Å². The maximum Gasteiger partial charge on any atom is 0.264 e. The van der Waals surface area contributed by atoms with Crippen LogP contribution in [-0.2, 0) is 14.8 Å². The first kappa shape index (κ1) is 28.6. The van der Waals surface area contributed by atoms with Crippen LogP contribution in [0.2, 0.25) is 5.02 Å². The summed E-state index contributed by atoms with van der Waals surface area (Å²) in [5.74, 6) is 0.120. The molecule has 0 saturated heterocycles. The van der Waals surface area contributed by atoms with E-state index in [0.717, 1.165) is 21.0 Å². The maximum atomic E-state index is 13.8. The molecule has 0 aliphatic heterocycles. The summed E-state index contributed by atoms with van der Waals surface area (Å²) >= 11 is 7.59. The van der Waals surface area contributed by atoms with Gasteiger partial charge in [-0.25, -0.2) is 12.8 Å². The molecule has 11 heteroatoms. The monoisotopic (exact) mass is 566 g/mol. The Labute approximate surface area is 226 Å². The molecule has 37 heavy (non-hydrogen) atoms. The van der Waals surface area contributed by atoms with E-state index in [0.29, 0.717) is 18.7 Å². The second-order valence-corrected chi connectivity index (χ2v) is 11.4. The number of hydrogen-bond acceptors (Lipinski definition) is 6. The zero-order valence-corrected chi connectivity index (χ0v) is 23.1. The molecule has 0 aliphatic rings. The quantitative estimate of drug-likeness (QED) is 0.237. The van der Waals surface area contributed by atoms with Gasteiger partial charge >= 0.3 is 0 Å². The van der Waals surface area contributed by atoms with E-state index in [1.165, 1.54) is 50.1 Å². The fraction of sp³-hybridized carbons (Fsp3) is 0.269. The molecule has 3 aromatic rings. The number of sulfonamides is 1. The average Bonchev–Trinajstić information content (AvgIpc) is 2.89. The molecule has 0 bridgehead atoms. The number of rotatable bonds is 12. The highest BCUT2D eigenvalue weighted by Crippen LogP contribution is 2.33. The van der Waals surface area contributed by atoms with Crippen molar-refractivity contribution in [2.24, 2.45) is 0 Å². The van der Waals surface area contributed by atoms with Gasteiger partial charge < -0.3 is 14.8 Å². The summed E-state index contributed by atoms with van der Waals surface area (Å²) in [6, 6.07) is 15.7. The molecule has 0 aromatic heterocycles. The summed E-state index contributed by atoms with van der Waals surface area (Å²) in [7, 11) is -1.44. The maximum absolute atomic E-state index is 13.8. The van der Waals surface area contributed by atoms with E-state index in [-0.39, 0.29) is 21.4 Å². The van der Waals surface area contributed by atoms with Crippen LogP contribution in [0.4, 0.5) is 10.1 Å². The fourth-order valence-corrected chi connectivity index (χ4v) is 5.83. The molecule has 198 valence electrons. The van der Waals surface area contributed by atoms with E-state index < -0.39 is 28.3 Å². The Bertz CT molecular complexity index is 1340. The first-order valence-electron chi connectivity index (χ1n) is 11.3. The Morgan fingerprint density at radius 3 is 2.38 bits per heavy atom. The van der Waals surface area contributed by atoms with Gasteiger partial charge in [-0.15, -0.1) is 11.8 Å². The minimum atomic E-state index is -4.26. The number of carbonyl (C=O) groups is 1. The van der Waals surface area contributed by atoms with E-state index in [4.69, 9.17) is 21.1 Å². The molecular formula is C26H28ClFN2O5S2.